The van der Waals surface area contributed by atoms with Crippen molar-refractivity contribution in [1.82, 2.24) is 5.32 Å². The van der Waals surface area contributed by atoms with Gasteiger partial charge in [-0.05, 0) is 49.7 Å². The highest BCUT2D eigenvalue weighted by Crippen LogP contribution is 2.35. The molecule has 0 aliphatic carbocycles. The van der Waals surface area contributed by atoms with E-state index in [1.165, 1.54) is 17.8 Å². The van der Waals surface area contributed by atoms with Gasteiger partial charge in [-0.25, -0.2) is 0 Å². The summed E-state index contributed by atoms with van der Waals surface area (Å²) in [5, 5.41) is 14.2. The Morgan fingerprint density at radius 1 is 1.29 bits per heavy atom. The minimum Gasteiger partial charge on any atom is -0.350 e. The number of amides is 1. The minimum absolute atomic E-state index is 0.0216. The van der Waals surface area contributed by atoms with Gasteiger partial charge in [-0.3, -0.25) is 14.9 Å². The molecule has 24 heavy (non-hydrogen) atoms. The van der Waals surface area contributed by atoms with Gasteiger partial charge in [0.15, 0.2) is 0 Å². The van der Waals surface area contributed by atoms with E-state index in [0.29, 0.717) is 10.5 Å². The van der Waals surface area contributed by atoms with Crippen LogP contribution in [0.3, 0.4) is 0 Å². The van der Waals surface area contributed by atoms with Gasteiger partial charge in [0.25, 0.3) is 11.6 Å². The smallest absolute Gasteiger partial charge is 0.284 e. The van der Waals surface area contributed by atoms with E-state index in [4.69, 9.17) is 0 Å². The number of halogens is 1. The van der Waals surface area contributed by atoms with E-state index in [0.717, 1.165) is 15.8 Å². The molecule has 1 atom stereocenters. The molecule has 0 saturated carbocycles. The van der Waals surface area contributed by atoms with Crippen LogP contribution in [-0.2, 0) is 0 Å². The summed E-state index contributed by atoms with van der Waals surface area (Å²) in [5.41, 5.74) is 0.224. The lowest BCUT2D eigenvalue weighted by atomic mass is 10.1. The molecule has 0 bridgehead atoms. The Kier molecular flexibility index (Phi) is 6.39. The molecule has 2 rings (SSSR count). The number of nitrogens with one attached hydrogen (secondary N) is 1. The largest absolute Gasteiger partial charge is 0.350 e. The van der Waals surface area contributed by atoms with E-state index in [1.807, 2.05) is 38.1 Å². The number of rotatable bonds is 6. The van der Waals surface area contributed by atoms with Gasteiger partial charge in [-0.1, -0.05) is 34.6 Å². The van der Waals surface area contributed by atoms with Crippen LogP contribution in [0.15, 0.2) is 56.7 Å². The molecule has 0 aliphatic rings. The predicted molar refractivity (Wildman–Crippen MR) is 98.6 cm³/mol. The normalized spacial score (nSPS) is 11.8. The Morgan fingerprint density at radius 2 is 1.96 bits per heavy atom. The Hall–Kier alpha value is -1.86. The van der Waals surface area contributed by atoms with Gasteiger partial charge >= 0.3 is 0 Å². The first-order valence-electron chi connectivity index (χ1n) is 7.43. The molecule has 2 aromatic rings. The molecule has 0 heterocycles. The van der Waals surface area contributed by atoms with Gasteiger partial charge in [0.1, 0.15) is 0 Å². The van der Waals surface area contributed by atoms with Crippen LogP contribution in [0.2, 0.25) is 0 Å². The number of hydrogen-bond donors (Lipinski definition) is 1. The highest BCUT2D eigenvalue weighted by molar-refractivity contribution is 9.10. The first-order chi connectivity index (χ1) is 11.4. The van der Waals surface area contributed by atoms with Gasteiger partial charge in [-0.2, -0.15) is 0 Å². The molecule has 0 spiro atoms. The van der Waals surface area contributed by atoms with Gasteiger partial charge < -0.3 is 5.32 Å². The van der Waals surface area contributed by atoms with Crippen molar-refractivity contribution in [2.45, 2.75) is 36.1 Å². The molecule has 2 aromatic carbocycles. The summed E-state index contributed by atoms with van der Waals surface area (Å²) in [6.45, 7) is 3.86. The SMILES string of the molecule is CC[C@H](C)NC(=O)c1ccc(Sc2ccc(Br)cc2)c([N+](=O)[O-])c1. The molecule has 0 fully saturated rings. The number of nitrogens with zero attached hydrogens (tertiary/aromatic N) is 1. The molecular weight excluding hydrogens is 392 g/mol. The van der Waals surface area contributed by atoms with Gasteiger partial charge in [0.2, 0.25) is 0 Å². The summed E-state index contributed by atoms with van der Waals surface area (Å²) in [6.07, 6.45) is 0.797. The van der Waals surface area contributed by atoms with Crippen LogP contribution < -0.4 is 5.32 Å². The van der Waals surface area contributed by atoms with E-state index in [2.05, 4.69) is 21.2 Å². The molecule has 0 aliphatic heterocycles. The maximum absolute atomic E-state index is 12.2. The zero-order valence-electron chi connectivity index (χ0n) is 13.3. The lowest BCUT2D eigenvalue weighted by Gasteiger charge is -2.11. The molecule has 1 amide bonds. The lowest BCUT2D eigenvalue weighted by molar-refractivity contribution is -0.387. The zero-order chi connectivity index (χ0) is 17.7. The maximum atomic E-state index is 12.2. The fraction of sp³-hybridized carbons (Fsp3) is 0.235. The lowest BCUT2D eigenvalue weighted by Crippen LogP contribution is -2.31. The Labute approximate surface area is 153 Å². The van der Waals surface area contributed by atoms with Crippen molar-refractivity contribution in [2.75, 3.05) is 0 Å². The number of nitro groups is 1. The average molecular weight is 409 g/mol. The zero-order valence-corrected chi connectivity index (χ0v) is 15.7. The third-order valence-electron chi connectivity index (χ3n) is 3.45. The van der Waals surface area contributed by atoms with E-state index in [-0.39, 0.29) is 17.6 Å². The molecule has 0 radical (unpaired) electrons. The number of hydrogen-bond acceptors (Lipinski definition) is 4. The van der Waals surface area contributed by atoms with Crippen molar-refractivity contribution >= 4 is 39.3 Å². The fourth-order valence-electron chi connectivity index (χ4n) is 1.93. The van der Waals surface area contributed by atoms with Crippen LogP contribution in [0.25, 0.3) is 0 Å². The second kappa shape index (κ2) is 8.30. The van der Waals surface area contributed by atoms with Crippen molar-refractivity contribution in [3.05, 3.63) is 62.6 Å². The maximum Gasteiger partial charge on any atom is 0.284 e. The summed E-state index contributed by atoms with van der Waals surface area (Å²) in [6, 6.07) is 12.1. The monoisotopic (exact) mass is 408 g/mol. The molecule has 1 N–H and O–H groups in total. The van der Waals surface area contributed by atoms with Crippen LogP contribution in [0.1, 0.15) is 30.6 Å². The second-order valence-electron chi connectivity index (χ2n) is 5.28. The summed E-state index contributed by atoms with van der Waals surface area (Å²) < 4.78 is 0.943. The van der Waals surface area contributed by atoms with Crippen molar-refractivity contribution in [3.63, 3.8) is 0 Å². The Morgan fingerprint density at radius 3 is 2.54 bits per heavy atom. The second-order valence-corrected chi connectivity index (χ2v) is 7.31. The van der Waals surface area contributed by atoms with Crippen LogP contribution in [0.4, 0.5) is 5.69 Å². The van der Waals surface area contributed by atoms with Gasteiger partial charge in [0, 0.05) is 27.0 Å². The molecule has 7 heteroatoms. The van der Waals surface area contributed by atoms with E-state index < -0.39 is 4.92 Å². The fourth-order valence-corrected chi connectivity index (χ4v) is 3.09. The van der Waals surface area contributed by atoms with Crippen LogP contribution in [0, 0.1) is 10.1 Å². The Balaban J connectivity index is 2.28. The summed E-state index contributed by atoms with van der Waals surface area (Å²) in [5.74, 6) is -0.298. The van der Waals surface area contributed by atoms with Crippen molar-refractivity contribution in [3.8, 4) is 0 Å². The summed E-state index contributed by atoms with van der Waals surface area (Å²) in [7, 11) is 0. The van der Waals surface area contributed by atoms with E-state index in [1.54, 1.807) is 12.1 Å². The third kappa shape index (κ3) is 4.82. The standard InChI is InChI=1S/C17H17BrN2O3S/c1-3-11(2)19-17(21)12-4-9-16(15(10-12)20(22)23)24-14-7-5-13(18)6-8-14/h4-11H,3H2,1-2H3,(H,19,21)/t11-/m0/s1. The number of benzene rings is 2. The Bertz CT molecular complexity index is 750. The van der Waals surface area contributed by atoms with Crippen molar-refractivity contribution in [2.24, 2.45) is 0 Å². The van der Waals surface area contributed by atoms with Crippen LogP contribution >= 0.6 is 27.7 Å². The highest BCUT2D eigenvalue weighted by atomic mass is 79.9. The quantitative estimate of drug-likeness (QED) is 0.536. The number of nitro benzene ring substituents is 1. The molecule has 0 saturated heterocycles. The topological polar surface area (TPSA) is 72.2 Å². The molecular formula is C17H17BrN2O3S. The van der Waals surface area contributed by atoms with Gasteiger partial charge in [0.05, 0.1) is 9.82 Å². The predicted octanol–water partition coefficient (Wildman–Crippen LogP) is 5.04. The molecule has 0 unspecified atom stereocenters. The first-order valence-corrected chi connectivity index (χ1v) is 9.04. The van der Waals surface area contributed by atoms with E-state index in [9.17, 15) is 14.9 Å². The third-order valence-corrected chi connectivity index (χ3v) is 5.05. The molecule has 126 valence electrons. The average Bonchev–Trinajstić information content (AvgIpc) is 2.56. The van der Waals surface area contributed by atoms with Crippen molar-refractivity contribution in [1.29, 1.82) is 0 Å². The van der Waals surface area contributed by atoms with Crippen LogP contribution in [0.5, 0.6) is 0 Å². The van der Waals surface area contributed by atoms with Crippen LogP contribution in [-0.4, -0.2) is 16.9 Å². The summed E-state index contributed by atoms with van der Waals surface area (Å²) in [4.78, 5) is 24.5. The number of carbonyl (C=O) groups is 1. The highest BCUT2D eigenvalue weighted by Gasteiger charge is 2.19. The molecule has 0 aromatic heterocycles. The van der Waals surface area contributed by atoms with E-state index >= 15 is 0 Å². The summed E-state index contributed by atoms with van der Waals surface area (Å²) >= 11 is 4.65. The van der Waals surface area contributed by atoms with Gasteiger partial charge in [-0.15, -0.1) is 0 Å². The number of carbonyl (C=O) groups excluding carboxylic acids is 1. The minimum atomic E-state index is -0.457. The molecule has 5 nitrogen and oxygen atoms in total. The van der Waals surface area contributed by atoms with Crippen molar-refractivity contribution < 1.29 is 9.72 Å². The first kappa shape index (κ1) is 18.5.